The third-order valence-corrected chi connectivity index (χ3v) is 3.97. The van der Waals surface area contributed by atoms with E-state index in [0.717, 1.165) is 28.1 Å². The summed E-state index contributed by atoms with van der Waals surface area (Å²) in [4.78, 5) is 4.26. The molecule has 0 fully saturated rings. The molecule has 0 amide bonds. The zero-order valence-electron chi connectivity index (χ0n) is 11.5. The minimum absolute atomic E-state index is 0.488. The molecule has 0 aliphatic rings. The van der Waals surface area contributed by atoms with Crippen molar-refractivity contribution >= 4 is 21.5 Å². The van der Waals surface area contributed by atoms with E-state index in [0.29, 0.717) is 10.1 Å². The van der Waals surface area contributed by atoms with Crippen molar-refractivity contribution in [2.45, 2.75) is 0 Å². The van der Waals surface area contributed by atoms with Crippen LogP contribution in [0.4, 0.5) is 10.1 Å². The van der Waals surface area contributed by atoms with Crippen LogP contribution in [0.5, 0.6) is 5.75 Å². The first kappa shape index (κ1) is 13.5. The Labute approximate surface area is 127 Å². The fraction of sp³-hybridized carbons (Fsp3) is 0.0625. The number of aromatic nitrogens is 1. The highest BCUT2D eigenvalue weighted by Gasteiger charge is 2.09. The summed E-state index contributed by atoms with van der Waals surface area (Å²) >= 11 is 1.30. The predicted molar refractivity (Wildman–Crippen MR) is 88.4 cm³/mol. The Balaban J connectivity index is 1.91. The van der Waals surface area contributed by atoms with E-state index in [-0.39, 0.29) is 0 Å². The van der Waals surface area contributed by atoms with Crippen molar-refractivity contribution in [3.63, 3.8) is 0 Å². The Morgan fingerprint density at radius 1 is 0.857 bits per heavy atom. The predicted octanol–water partition coefficient (Wildman–Crippen LogP) is 3.65. The molecule has 0 radical (unpaired) electrons. The van der Waals surface area contributed by atoms with Gasteiger partial charge in [-0.3, -0.25) is 0 Å². The Hall–Kier alpha value is -2.53. The van der Waals surface area contributed by atoms with Gasteiger partial charge >= 0.3 is 0 Å². The molecule has 0 aliphatic carbocycles. The van der Waals surface area contributed by atoms with Crippen LogP contribution in [-0.2, 0) is 0 Å². The van der Waals surface area contributed by atoms with Gasteiger partial charge in [-0.1, -0.05) is 47.7 Å². The van der Waals surface area contributed by atoms with Gasteiger partial charge < -0.3 is 16.2 Å². The number of thiazole rings is 1. The van der Waals surface area contributed by atoms with Gasteiger partial charge in [-0.05, 0) is 23.3 Å². The van der Waals surface area contributed by atoms with E-state index in [1.165, 1.54) is 11.3 Å². The molecule has 0 saturated carbocycles. The second kappa shape index (κ2) is 5.46. The zero-order chi connectivity index (χ0) is 14.8. The first-order valence-electron chi connectivity index (χ1n) is 6.44. The highest BCUT2D eigenvalue weighted by Crippen LogP contribution is 2.33. The molecule has 0 bridgehead atoms. The van der Waals surface area contributed by atoms with Gasteiger partial charge in [0.05, 0.1) is 7.11 Å². The van der Waals surface area contributed by atoms with Gasteiger partial charge in [0.15, 0.2) is 5.13 Å². The number of rotatable bonds is 3. The molecular formula is C16H15N3OS. The molecule has 21 heavy (non-hydrogen) atoms. The smallest absolute Gasteiger partial charge is 0.182 e. The van der Waals surface area contributed by atoms with Crippen molar-refractivity contribution in [3.05, 3.63) is 48.5 Å². The molecule has 0 aliphatic heterocycles. The maximum absolute atomic E-state index is 5.92. The quantitative estimate of drug-likeness (QED) is 0.774. The van der Waals surface area contributed by atoms with Gasteiger partial charge in [0.1, 0.15) is 16.4 Å². The summed E-state index contributed by atoms with van der Waals surface area (Å²) in [6, 6.07) is 16.1. The summed E-state index contributed by atoms with van der Waals surface area (Å²) in [7, 11) is 1.66. The van der Waals surface area contributed by atoms with E-state index >= 15 is 0 Å². The summed E-state index contributed by atoms with van der Waals surface area (Å²) in [6.45, 7) is 0. The molecule has 1 aromatic heterocycles. The third-order valence-electron chi connectivity index (χ3n) is 3.25. The molecule has 0 atom stereocenters. The van der Waals surface area contributed by atoms with E-state index in [1.54, 1.807) is 7.11 Å². The third kappa shape index (κ3) is 2.68. The molecule has 3 rings (SSSR count). The zero-order valence-corrected chi connectivity index (χ0v) is 12.4. The lowest BCUT2D eigenvalue weighted by atomic mass is 10.0. The number of hydrogen-bond acceptors (Lipinski definition) is 5. The number of nitrogens with zero attached hydrogens (tertiary/aromatic N) is 1. The number of anilines is 2. The van der Waals surface area contributed by atoms with Crippen LogP contribution in [0, 0.1) is 0 Å². The molecule has 0 spiro atoms. The average Bonchev–Trinajstić information content (AvgIpc) is 2.86. The molecule has 2 aromatic carbocycles. The van der Waals surface area contributed by atoms with Crippen molar-refractivity contribution in [2.24, 2.45) is 0 Å². The van der Waals surface area contributed by atoms with Crippen LogP contribution in [0.1, 0.15) is 0 Å². The van der Waals surface area contributed by atoms with Gasteiger partial charge in [0.2, 0.25) is 0 Å². The molecular weight excluding hydrogens is 282 g/mol. The van der Waals surface area contributed by atoms with E-state index < -0.39 is 0 Å². The van der Waals surface area contributed by atoms with E-state index in [1.807, 2.05) is 48.5 Å². The SMILES string of the molecule is COc1ccc(-c2ccc(-c3nc(N)sc3N)cc2)cc1. The molecule has 0 saturated heterocycles. The molecule has 1 heterocycles. The number of nitrogens with two attached hydrogens (primary N) is 2. The summed E-state index contributed by atoms with van der Waals surface area (Å²) in [5.74, 6) is 0.848. The van der Waals surface area contributed by atoms with Gasteiger partial charge in [-0.2, -0.15) is 0 Å². The lowest BCUT2D eigenvalue weighted by Gasteiger charge is -2.05. The van der Waals surface area contributed by atoms with Crippen molar-refractivity contribution < 1.29 is 4.74 Å². The van der Waals surface area contributed by atoms with Crippen molar-refractivity contribution in [3.8, 4) is 28.1 Å². The van der Waals surface area contributed by atoms with Gasteiger partial charge in [-0.15, -0.1) is 0 Å². The van der Waals surface area contributed by atoms with Crippen molar-refractivity contribution in [1.82, 2.24) is 4.98 Å². The molecule has 4 N–H and O–H groups in total. The molecule has 0 unspecified atom stereocenters. The first-order chi connectivity index (χ1) is 10.2. The van der Waals surface area contributed by atoms with Crippen LogP contribution in [0.2, 0.25) is 0 Å². The normalized spacial score (nSPS) is 10.5. The lowest BCUT2D eigenvalue weighted by molar-refractivity contribution is 0.415. The summed E-state index contributed by atoms with van der Waals surface area (Å²) in [5.41, 5.74) is 15.6. The Kier molecular flexibility index (Phi) is 3.50. The first-order valence-corrected chi connectivity index (χ1v) is 7.25. The highest BCUT2D eigenvalue weighted by molar-refractivity contribution is 7.19. The summed E-state index contributed by atoms with van der Waals surface area (Å²) in [6.07, 6.45) is 0. The summed E-state index contributed by atoms with van der Waals surface area (Å²) in [5, 5.41) is 1.13. The van der Waals surface area contributed by atoms with Crippen LogP contribution >= 0.6 is 11.3 Å². The number of nitrogen functional groups attached to an aromatic ring is 2. The van der Waals surface area contributed by atoms with Gasteiger partial charge in [-0.25, -0.2) is 4.98 Å². The standard InChI is InChI=1S/C16H15N3OS/c1-20-13-8-6-11(7-9-13)10-2-4-12(5-3-10)14-15(17)21-16(18)19-14/h2-9H,17H2,1H3,(H2,18,19). The Bertz CT molecular complexity index is 748. The van der Waals surface area contributed by atoms with Crippen LogP contribution in [0.25, 0.3) is 22.4 Å². The second-order valence-corrected chi connectivity index (χ2v) is 5.63. The Morgan fingerprint density at radius 3 is 1.86 bits per heavy atom. The number of ether oxygens (including phenoxy) is 1. The number of methoxy groups -OCH3 is 1. The molecule has 4 nitrogen and oxygen atoms in total. The molecule has 106 valence electrons. The maximum Gasteiger partial charge on any atom is 0.182 e. The number of hydrogen-bond donors (Lipinski definition) is 2. The van der Waals surface area contributed by atoms with Crippen molar-refractivity contribution in [1.29, 1.82) is 0 Å². The highest BCUT2D eigenvalue weighted by atomic mass is 32.1. The van der Waals surface area contributed by atoms with Gasteiger partial charge in [0.25, 0.3) is 0 Å². The van der Waals surface area contributed by atoms with E-state index in [9.17, 15) is 0 Å². The van der Waals surface area contributed by atoms with Crippen molar-refractivity contribution in [2.75, 3.05) is 18.6 Å². The average molecular weight is 297 g/mol. The minimum atomic E-state index is 0.488. The topological polar surface area (TPSA) is 74.2 Å². The fourth-order valence-electron chi connectivity index (χ4n) is 2.16. The largest absolute Gasteiger partial charge is 0.497 e. The monoisotopic (exact) mass is 297 g/mol. The van der Waals surface area contributed by atoms with Gasteiger partial charge in [0, 0.05) is 5.56 Å². The van der Waals surface area contributed by atoms with Crippen LogP contribution in [-0.4, -0.2) is 12.1 Å². The van der Waals surface area contributed by atoms with E-state index in [2.05, 4.69) is 4.98 Å². The van der Waals surface area contributed by atoms with E-state index in [4.69, 9.17) is 16.2 Å². The molecule has 5 heteroatoms. The molecule has 3 aromatic rings. The van der Waals surface area contributed by atoms with Crippen LogP contribution in [0.3, 0.4) is 0 Å². The maximum atomic E-state index is 5.92. The minimum Gasteiger partial charge on any atom is -0.497 e. The van der Waals surface area contributed by atoms with Crippen LogP contribution < -0.4 is 16.2 Å². The van der Waals surface area contributed by atoms with Crippen LogP contribution in [0.15, 0.2) is 48.5 Å². The number of benzene rings is 2. The fourth-order valence-corrected chi connectivity index (χ4v) is 2.78. The second-order valence-electron chi connectivity index (χ2n) is 4.57. The lowest BCUT2D eigenvalue weighted by Crippen LogP contribution is -1.87. The Morgan fingerprint density at radius 2 is 1.38 bits per heavy atom. The summed E-state index contributed by atoms with van der Waals surface area (Å²) < 4.78 is 5.16.